The first-order chi connectivity index (χ1) is 7.73. The number of rotatable bonds is 4. The highest BCUT2D eigenvalue weighted by Crippen LogP contribution is 2.36. The van der Waals surface area contributed by atoms with Crippen molar-refractivity contribution in [2.45, 2.75) is 32.2 Å². The molecule has 3 rings (SSSR count). The van der Waals surface area contributed by atoms with Crippen molar-refractivity contribution < 1.29 is 9.53 Å². The maximum atomic E-state index is 12.2. The zero-order chi connectivity index (χ0) is 11.6. The highest BCUT2D eigenvalue weighted by Gasteiger charge is 2.52. The summed E-state index contributed by atoms with van der Waals surface area (Å²) in [6.45, 7) is 8.32. The maximum Gasteiger partial charge on any atom is 0.327 e. The smallest absolute Gasteiger partial charge is 0.327 e. The molecule has 0 aromatic rings. The molecule has 0 aromatic carbocycles. The Labute approximate surface area is 97.3 Å². The molecule has 16 heavy (non-hydrogen) atoms. The van der Waals surface area contributed by atoms with Crippen LogP contribution < -0.4 is 5.32 Å². The van der Waals surface area contributed by atoms with Crippen molar-refractivity contribution in [3.8, 4) is 0 Å². The van der Waals surface area contributed by atoms with E-state index in [4.69, 9.17) is 4.74 Å². The Morgan fingerprint density at radius 2 is 2.12 bits per heavy atom. The van der Waals surface area contributed by atoms with E-state index >= 15 is 0 Å². The molecule has 1 unspecified atom stereocenters. The number of hydrogen-bond acceptors (Lipinski definition) is 4. The van der Waals surface area contributed by atoms with E-state index in [1.807, 2.05) is 6.92 Å². The van der Waals surface area contributed by atoms with E-state index in [-0.39, 0.29) is 5.97 Å². The zero-order valence-electron chi connectivity index (χ0n) is 10.3. The Hall–Kier alpha value is -0.610. The summed E-state index contributed by atoms with van der Waals surface area (Å²) < 4.78 is 5.26. The summed E-state index contributed by atoms with van der Waals surface area (Å²) in [5, 5.41) is 3.40. The van der Waals surface area contributed by atoms with E-state index in [1.165, 1.54) is 0 Å². The molecule has 0 amide bonds. The summed E-state index contributed by atoms with van der Waals surface area (Å²) in [5.41, 5.74) is -0.429. The van der Waals surface area contributed by atoms with Crippen LogP contribution in [0.1, 0.15) is 26.7 Å². The van der Waals surface area contributed by atoms with Gasteiger partial charge in [-0.1, -0.05) is 6.92 Å². The fraction of sp³-hybridized carbons (Fsp3) is 0.917. The van der Waals surface area contributed by atoms with Crippen LogP contribution in [-0.2, 0) is 9.53 Å². The molecule has 3 fully saturated rings. The van der Waals surface area contributed by atoms with Gasteiger partial charge in [-0.15, -0.1) is 0 Å². The minimum atomic E-state index is -0.429. The second-order valence-corrected chi connectivity index (χ2v) is 4.77. The predicted octanol–water partition coefficient (Wildman–Crippen LogP) is 0.623. The molecule has 3 aliphatic rings. The van der Waals surface area contributed by atoms with Gasteiger partial charge in [-0.25, -0.2) is 4.79 Å². The highest BCUT2D eigenvalue weighted by atomic mass is 16.5. The van der Waals surface area contributed by atoms with Crippen molar-refractivity contribution in [3.05, 3.63) is 0 Å². The monoisotopic (exact) mass is 226 g/mol. The fourth-order valence-corrected chi connectivity index (χ4v) is 3.14. The molecule has 0 aromatic heterocycles. The second kappa shape index (κ2) is 4.72. The topological polar surface area (TPSA) is 41.6 Å². The number of nitrogens with zero attached hydrogens (tertiary/aromatic N) is 1. The van der Waals surface area contributed by atoms with Gasteiger partial charge in [0.15, 0.2) is 0 Å². The number of hydrogen-bond donors (Lipinski definition) is 1. The van der Waals surface area contributed by atoms with Crippen molar-refractivity contribution >= 4 is 5.97 Å². The van der Waals surface area contributed by atoms with Gasteiger partial charge in [-0.3, -0.25) is 0 Å². The molecule has 4 nitrogen and oxygen atoms in total. The fourth-order valence-electron chi connectivity index (χ4n) is 3.14. The zero-order valence-corrected chi connectivity index (χ0v) is 10.3. The molecule has 1 N–H and O–H groups in total. The number of fused-ring (bicyclic) bond motifs is 3. The van der Waals surface area contributed by atoms with Gasteiger partial charge in [0.05, 0.1) is 6.61 Å². The Balaban J connectivity index is 2.18. The molecule has 3 aliphatic heterocycles. The lowest BCUT2D eigenvalue weighted by Crippen LogP contribution is -2.70. The molecule has 0 aliphatic carbocycles. The molecule has 4 heteroatoms. The van der Waals surface area contributed by atoms with Crippen molar-refractivity contribution in [3.63, 3.8) is 0 Å². The van der Waals surface area contributed by atoms with Gasteiger partial charge in [-0.2, -0.15) is 0 Å². The van der Waals surface area contributed by atoms with Crippen LogP contribution in [0.25, 0.3) is 0 Å². The maximum absolute atomic E-state index is 12.2. The average molecular weight is 226 g/mol. The SMILES string of the molecule is CCNC1(C(=O)OCC)CN2CCC1CC2. The van der Waals surface area contributed by atoms with Crippen LogP contribution in [0.5, 0.6) is 0 Å². The van der Waals surface area contributed by atoms with Crippen molar-refractivity contribution in [1.82, 2.24) is 10.2 Å². The van der Waals surface area contributed by atoms with Crippen LogP contribution in [0, 0.1) is 5.92 Å². The van der Waals surface area contributed by atoms with Crippen LogP contribution in [0.15, 0.2) is 0 Å². The lowest BCUT2D eigenvalue weighted by atomic mass is 9.72. The Bertz CT molecular complexity index is 262. The molecule has 3 heterocycles. The Kier molecular flexibility index (Phi) is 3.50. The van der Waals surface area contributed by atoms with Crippen molar-refractivity contribution in [2.75, 3.05) is 32.8 Å². The number of nitrogens with one attached hydrogen (secondary N) is 1. The summed E-state index contributed by atoms with van der Waals surface area (Å²) in [6, 6.07) is 0. The predicted molar refractivity (Wildman–Crippen MR) is 62.2 cm³/mol. The number of likely N-dealkylation sites (N-methyl/N-ethyl adjacent to an activating group) is 1. The quantitative estimate of drug-likeness (QED) is 0.714. The largest absolute Gasteiger partial charge is 0.465 e. The normalized spacial score (nSPS) is 37.4. The molecular formula is C12H22N2O2. The van der Waals surface area contributed by atoms with Crippen molar-refractivity contribution in [2.24, 2.45) is 5.92 Å². The number of esters is 1. The molecule has 3 saturated heterocycles. The van der Waals surface area contributed by atoms with Gasteiger partial charge in [0.1, 0.15) is 5.54 Å². The number of piperidine rings is 3. The van der Waals surface area contributed by atoms with Gasteiger partial charge in [0.25, 0.3) is 0 Å². The van der Waals surface area contributed by atoms with Crippen LogP contribution in [0.2, 0.25) is 0 Å². The van der Waals surface area contributed by atoms with Gasteiger partial charge in [-0.05, 0) is 45.3 Å². The number of ether oxygens (including phenoxy) is 1. The van der Waals surface area contributed by atoms with E-state index < -0.39 is 5.54 Å². The molecule has 1 atom stereocenters. The third-order valence-electron chi connectivity index (χ3n) is 3.89. The summed E-state index contributed by atoms with van der Waals surface area (Å²) in [7, 11) is 0. The third-order valence-corrected chi connectivity index (χ3v) is 3.89. The number of carbonyl (C=O) groups excluding carboxylic acids is 1. The highest BCUT2D eigenvalue weighted by molar-refractivity contribution is 5.82. The minimum Gasteiger partial charge on any atom is -0.465 e. The second-order valence-electron chi connectivity index (χ2n) is 4.77. The van der Waals surface area contributed by atoms with Gasteiger partial charge in [0, 0.05) is 6.54 Å². The van der Waals surface area contributed by atoms with Crippen LogP contribution in [0.3, 0.4) is 0 Å². The minimum absolute atomic E-state index is 0.0498. The van der Waals surface area contributed by atoms with Crippen LogP contribution >= 0.6 is 0 Å². The first-order valence-electron chi connectivity index (χ1n) is 6.37. The molecule has 0 radical (unpaired) electrons. The number of carbonyl (C=O) groups is 1. The molecule has 0 spiro atoms. The lowest BCUT2D eigenvalue weighted by molar-refractivity contribution is -0.160. The first-order valence-corrected chi connectivity index (χ1v) is 6.37. The average Bonchev–Trinajstić information content (AvgIpc) is 2.31. The van der Waals surface area contributed by atoms with E-state index in [1.54, 1.807) is 0 Å². The van der Waals surface area contributed by atoms with Gasteiger partial charge in [0.2, 0.25) is 0 Å². The molecule has 92 valence electrons. The van der Waals surface area contributed by atoms with Crippen LogP contribution in [0.4, 0.5) is 0 Å². The summed E-state index contributed by atoms with van der Waals surface area (Å²) >= 11 is 0. The lowest BCUT2D eigenvalue weighted by Gasteiger charge is -2.51. The van der Waals surface area contributed by atoms with Gasteiger partial charge < -0.3 is 15.0 Å². The van der Waals surface area contributed by atoms with Gasteiger partial charge >= 0.3 is 5.97 Å². The van der Waals surface area contributed by atoms with Crippen LogP contribution in [-0.4, -0.2) is 49.2 Å². The Morgan fingerprint density at radius 3 is 2.56 bits per heavy atom. The van der Waals surface area contributed by atoms with E-state index in [0.717, 1.165) is 39.0 Å². The van der Waals surface area contributed by atoms with E-state index in [2.05, 4.69) is 17.1 Å². The third kappa shape index (κ3) is 1.84. The summed E-state index contributed by atoms with van der Waals surface area (Å²) in [4.78, 5) is 14.6. The molecule has 0 saturated carbocycles. The molecular weight excluding hydrogens is 204 g/mol. The Morgan fingerprint density at radius 1 is 1.44 bits per heavy atom. The summed E-state index contributed by atoms with van der Waals surface area (Å²) in [6.07, 6.45) is 2.23. The first kappa shape index (κ1) is 11.9. The standard InChI is InChI=1S/C12H22N2O2/c1-3-13-12(11(15)16-4-2)9-14-7-5-10(12)6-8-14/h10,13H,3-9H2,1-2H3. The van der Waals surface area contributed by atoms with Crippen molar-refractivity contribution in [1.29, 1.82) is 0 Å². The van der Waals surface area contributed by atoms with E-state index in [0.29, 0.717) is 12.5 Å². The molecule has 2 bridgehead atoms. The summed E-state index contributed by atoms with van der Waals surface area (Å²) in [5.74, 6) is 0.405. The van der Waals surface area contributed by atoms with E-state index in [9.17, 15) is 4.79 Å².